The summed E-state index contributed by atoms with van der Waals surface area (Å²) < 4.78 is 5.43. The van der Waals surface area contributed by atoms with E-state index in [0.29, 0.717) is 17.6 Å². The van der Waals surface area contributed by atoms with Crippen molar-refractivity contribution in [3.8, 4) is 0 Å². The highest BCUT2D eigenvalue weighted by atomic mass is 35.5. The van der Waals surface area contributed by atoms with Crippen molar-refractivity contribution < 1.29 is 9.53 Å². The molecule has 0 saturated carbocycles. The predicted octanol–water partition coefficient (Wildman–Crippen LogP) is 3.86. The van der Waals surface area contributed by atoms with Crippen molar-refractivity contribution in [1.29, 1.82) is 0 Å². The van der Waals surface area contributed by atoms with Gasteiger partial charge in [-0.1, -0.05) is 37.6 Å². The number of nitrogens with two attached hydrogens (primary N) is 1. The standard InChI is InChI=1S/C12H17ClN2O.C12H19N3O/c1-8(2)15-7-11(12(14)16)9-3-5-10(13)6-4-9;1-4-15(5-2)12-9-6-7-10(16-3)11(9)13-8-14-12/h3-6,8,11,15H,7H2,1-2H3,(H2,14,16);8,10H,4-7H2,1-3H3. The monoisotopic (exact) mass is 461 g/mol. The third-order valence-electron chi connectivity index (χ3n) is 5.61. The normalized spacial score (nSPS) is 15.7. The van der Waals surface area contributed by atoms with Gasteiger partial charge in [-0.15, -0.1) is 0 Å². The number of primary amides is 1. The van der Waals surface area contributed by atoms with Crippen LogP contribution < -0.4 is 16.0 Å². The molecule has 0 radical (unpaired) electrons. The van der Waals surface area contributed by atoms with Crippen LogP contribution in [0.4, 0.5) is 5.82 Å². The van der Waals surface area contributed by atoms with Crippen molar-refractivity contribution in [2.75, 3.05) is 31.6 Å². The quantitative estimate of drug-likeness (QED) is 0.588. The first-order chi connectivity index (χ1) is 15.3. The number of carbonyl (C=O) groups excluding carboxylic acids is 1. The molecule has 1 heterocycles. The highest BCUT2D eigenvalue weighted by Gasteiger charge is 2.28. The van der Waals surface area contributed by atoms with Gasteiger partial charge < -0.3 is 20.7 Å². The van der Waals surface area contributed by atoms with Crippen molar-refractivity contribution in [1.82, 2.24) is 15.3 Å². The molecule has 7 nitrogen and oxygen atoms in total. The third kappa shape index (κ3) is 6.89. The zero-order valence-electron chi connectivity index (χ0n) is 19.8. The fourth-order valence-corrected chi connectivity index (χ4v) is 3.93. The van der Waals surface area contributed by atoms with Crippen LogP contribution in [0.3, 0.4) is 0 Å². The number of nitrogens with one attached hydrogen (secondary N) is 1. The second-order valence-electron chi connectivity index (χ2n) is 8.07. The molecule has 3 rings (SSSR count). The van der Waals surface area contributed by atoms with E-state index in [2.05, 4.69) is 34.0 Å². The minimum atomic E-state index is -0.324. The Morgan fingerprint density at radius 2 is 1.91 bits per heavy atom. The maximum absolute atomic E-state index is 11.3. The number of hydrogen-bond acceptors (Lipinski definition) is 6. The Bertz CT molecular complexity index is 856. The molecule has 3 N–H and O–H groups in total. The van der Waals surface area contributed by atoms with E-state index in [-0.39, 0.29) is 17.9 Å². The molecule has 2 unspecified atom stereocenters. The Morgan fingerprint density at radius 3 is 2.44 bits per heavy atom. The highest BCUT2D eigenvalue weighted by Crippen LogP contribution is 2.36. The summed E-state index contributed by atoms with van der Waals surface area (Å²) in [6.45, 7) is 10.9. The number of ether oxygens (including phenoxy) is 1. The van der Waals surface area contributed by atoms with Gasteiger partial charge in [0.25, 0.3) is 0 Å². The topological polar surface area (TPSA) is 93.4 Å². The Morgan fingerprint density at radius 1 is 1.25 bits per heavy atom. The van der Waals surface area contributed by atoms with Crippen molar-refractivity contribution in [3.05, 3.63) is 52.4 Å². The number of fused-ring (bicyclic) bond motifs is 1. The summed E-state index contributed by atoms with van der Waals surface area (Å²) in [7, 11) is 1.75. The Labute approximate surface area is 196 Å². The number of anilines is 1. The van der Waals surface area contributed by atoms with Crippen LogP contribution in [0, 0.1) is 0 Å². The fourth-order valence-electron chi connectivity index (χ4n) is 3.80. The molecule has 1 aromatic carbocycles. The minimum absolute atomic E-state index is 0.160. The number of rotatable bonds is 9. The summed E-state index contributed by atoms with van der Waals surface area (Å²) >= 11 is 5.79. The van der Waals surface area contributed by atoms with Gasteiger partial charge in [0.15, 0.2) is 0 Å². The Hall–Kier alpha value is -2.22. The molecule has 1 aliphatic rings. The van der Waals surface area contributed by atoms with E-state index in [0.717, 1.165) is 43.0 Å². The summed E-state index contributed by atoms with van der Waals surface area (Å²) in [6.07, 6.45) is 3.87. The molecule has 8 heteroatoms. The van der Waals surface area contributed by atoms with Crippen molar-refractivity contribution in [3.63, 3.8) is 0 Å². The van der Waals surface area contributed by atoms with E-state index in [1.165, 1.54) is 5.56 Å². The molecule has 0 saturated heterocycles. The molecule has 0 spiro atoms. The zero-order valence-corrected chi connectivity index (χ0v) is 20.5. The third-order valence-corrected chi connectivity index (χ3v) is 5.86. The predicted molar refractivity (Wildman–Crippen MR) is 130 cm³/mol. The van der Waals surface area contributed by atoms with Crippen LogP contribution in [0.15, 0.2) is 30.6 Å². The molecule has 1 aromatic heterocycles. The lowest BCUT2D eigenvalue weighted by molar-refractivity contribution is -0.119. The summed E-state index contributed by atoms with van der Waals surface area (Å²) in [4.78, 5) is 22.4. The maximum Gasteiger partial charge on any atom is 0.226 e. The van der Waals surface area contributed by atoms with Crippen LogP contribution in [-0.2, 0) is 16.0 Å². The first-order valence-electron chi connectivity index (χ1n) is 11.2. The van der Waals surface area contributed by atoms with Gasteiger partial charge in [0.1, 0.15) is 12.1 Å². The number of carbonyl (C=O) groups is 1. The van der Waals surface area contributed by atoms with Crippen LogP contribution in [-0.4, -0.2) is 48.7 Å². The summed E-state index contributed by atoms with van der Waals surface area (Å²) in [5.41, 5.74) is 8.63. The number of hydrogen-bond donors (Lipinski definition) is 2. The first kappa shape index (κ1) is 26.0. The van der Waals surface area contributed by atoms with E-state index >= 15 is 0 Å². The summed E-state index contributed by atoms with van der Waals surface area (Å²) in [5.74, 6) is 0.463. The van der Waals surface area contributed by atoms with E-state index in [4.69, 9.17) is 22.1 Å². The van der Waals surface area contributed by atoms with Crippen LogP contribution in [0.1, 0.15) is 63.0 Å². The Balaban J connectivity index is 0.000000227. The lowest BCUT2D eigenvalue weighted by Crippen LogP contribution is -2.34. The molecule has 176 valence electrons. The highest BCUT2D eigenvalue weighted by molar-refractivity contribution is 6.30. The zero-order chi connectivity index (χ0) is 23.7. The SMILES string of the molecule is CC(C)NCC(C(N)=O)c1ccc(Cl)cc1.CCN(CC)c1ncnc2c1CCC2OC. The molecular weight excluding hydrogens is 426 g/mol. The van der Waals surface area contributed by atoms with Gasteiger partial charge in [0, 0.05) is 43.4 Å². The summed E-state index contributed by atoms with van der Waals surface area (Å²) in [5, 5.41) is 3.86. The largest absolute Gasteiger partial charge is 0.375 e. The van der Waals surface area contributed by atoms with Gasteiger partial charge in [0.05, 0.1) is 17.7 Å². The molecule has 2 atom stereocenters. The fraction of sp³-hybridized carbons (Fsp3) is 0.542. The number of aromatic nitrogens is 2. The van der Waals surface area contributed by atoms with Crippen LogP contribution in [0.5, 0.6) is 0 Å². The van der Waals surface area contributed by atoms with Crippen LogP contribution >= 0.6 is 11.6 Å². The molecule has 0 aliphatic heterocycles. The number of halogens is 1. The number of amides is 1. The second kappa shape index (κ2) is 12.7. The summed E-state index contributed by atoms with van der Waals surface area (Å²) in [6, 6.07) is 7.53. The van der Waals surface area contributed by atoms with Crippen LogP contribution in [0.25, 0.3) is 0 Å². The van der Waals surface area contributed by atoms with E-state index in [1.54, 1.807) is 25.6 Å². The minimum Gasteiger partial charge on any atom is -0.375 e. The molecule has 1 amide bonds. The van der Waals surface area contributed by atoms with E-state index in [1.807, 2.05) is 26.0 Å². The molecular formula is C24H36ClN5O2. The average Bonchev–Trinajstić information content (AvgIpc) is 3.20. The maximum atomic E-state index is 11.3. The second-order valence-corrected chi connectivity index (χ2v) is 8.50. The lowest BCUT2D eigenvalue weighted by Gasteiger charge is -2.22. The number of methoxy groups -OCH3 is 1. The smallest absolute Gasteiger partial charge is 0.226 e. The molecule has 0 fully saturated rings. The van der Waals surface area contributed by atoms with Gasteiger partial charge in [-0.05, 0) is 44.4 Å². The van der Waals surface area contributed by atoms with Gasteiger partial charge >= 0.3 is 0 Å². The lowest BCUT2D eigenvalue weighted by atomic mass is 9.98. The molecule has 0 bridgehead atoms. The van der Waals surface area contributed by atoms with Gasteiger partial charge in [-0.3, -0.25) is 4.79 Å². The number of benzene rings is 1. The van der Waals surface area contributed by atoms with Gasteiger partial charge in [-0.25, -0.2) is 9.97 Å². The van der Waals surface area contributed by atoms with E-state index < -0.39 is 0 Å². The van der Waals surface area contributed by atoms with Gasteiger partial charge in [-0.2, -0.15) is 0 Å². The van der Waals surface area contributed by atoms with Crippen molar-refractivity contribution in [2.45, 2.75) is 58.6 Å². The molecule has 32 heavy (non-hydrogen) atoms. The van der Waals surface area contributed by atoms with Crippen LogP contribution in [0.2, 0.25) is 5.02 Å². The van der Waals surface area contributed by atoms with E-state index in [9.17, 15) is 4.79 Å². The van der Waals surface area contributed by atoms with Crippen molar-refractivity contribution >= 4 is 23.3 Å². The Kier molecular flexibility index (Phi) is 10.4. The molecule has 1 aliphatic carbocycles. The molecule has 2 aromatic rings. The van der Waals surface area contributed by atoms with Gasteiger partial charge in [0.2, 0.25) is 5.91 Å². The average molecular weight is 462 g/mol. The number of nitrogens with zero attached hydrogens (tertiary/aromatic N) is 3. The van der Waals surface area contributed by atoms with Crippen molar-refractivity contribution in [2.24, 2.45) is 5.73 Å². The first-order valence-corrected chi connectivity index (χ1v) is 11.6.